The van der Waals surface area contributed by atoms with E-state index in [9.17, 15) is 4.79 Å². The van der Waals surface area contributed by atoms with Crippen molar-refractivity contribution in [2.45, 2.75) is 19.6 Å². The van der Waals surface area contributed by atoms with Crippen molar-refractivity contribution in [3.05, 3.63) is 64.1 Å². The van der Waals surface area contributed by atoms with Crippen LogP contribution in [0.1, 0.15) is 22.8 Å². The summed E-state index contributed by atoms with van der Waals surface area (Å²) < 4.78 is 11.8. The van der Waals surface area contributed by atoms with Crippen molar-refractivity contribution in [3.8, 4) is 5.75 Å². The molecule has 2 rings (SSSR count). The SMILES string of the molecule is COCc1cccc(OC(C)C(=O)c2ccc(Br)cc2)c1. The van der Waals surface area contributed by atoms with Crippen LogP contribution < -0.4 is 4.74 Å². The highest BCUT2D eigenvalue weighted by Crippen LogP contribution is 2.18. The van der Waals surface area contributed by atoms with E-state index in [4.69, 9.17) is 9.47 Å². The number of Topliss-reactive ketones (excluding diaryl/α,β-unsaturated/α-hetero) is 1. The molecule has 0 amide bonds. The van der Waals surface area contributed by atoms with Crippen molar-refractivity contribution in [2.24, 2.45) is 0 Å². The van der Waals surface area contributed by atoms with E-state index in [1.165, 1.54) is 0 Å². The summed E-state index contributed by atoms with van der Waals surface area (Å²) in [7, 11) is 1.65. The fraction of sp³-hybridized carbons (Fsp3) is 0.235. The topological polar surface area (TPSA) is 35.5 Å². The highest BCUT2D eigenvalue weighted by molar-refractivity contribution is 9.10. The summed E-state index contributed by atoms with van der Waals surface area (Å²) in [6, 6.07) is 14.8. The largest absolute Gasteiger partial charge is 0.483 e. The Hall–Kier alpha value is -1.65. The van der Waals surface area contributed by atoms with Gasteiger partial charge in [-0.25, -0.2) is 0 Å². The van der Waals surface area contributed by atoms with E-state index in [1.807, 2.05) is 36.4 Å². The first-order chi connectivity index (χ1) is 10.1. The molecule has 0 radical (unpaired) electrons. The fourth-order valence-corrected chi connectivity index (χ4v) is 2.25. The Kier molecular flexibility index (Phi) is 5.53. The van der Waals surface area contributed by atoms with Crippen molar-refractivity contribution >= 4 is 21.7 Å². The maximum atomic E-state index is 12.3. The molecule has 4 heteroatoms. The molecule has 0 fully saturated rings. The van der Waals surface area contributed by atoms with E-state index in [-0.39, 0.29) is 5.78 Å². The predicted octanol–water partition coefficient (Wildman–Crippen LogP) is 4.25. The number of carbonyl (C=O) groups is 1. The first kappa shape index (κ1) is 15.7. The molecule has 1 atom stereocenters. The summed E-state index contributed by atoms with van der Waals surface area (Å²) >= 11 is 3.35. The zero-order valence-electron chi connectivity index (χ0n) is 12.0. The molecule has 0 spiro atoms. The van der Waals surface area contributed by atoms with E-state index in [2.05, 4.69) is 15.9 Å². The van der Waals surface area contributed by atoms with Gasteiger partial charge in [0.1, 0.15) is 5.75 Å². The van der Waals surface area contributed by atoms with Crippen molar-refractivity contribution < 1.29 is 14.3 Å². The molecule has 3 nitrogen and oxygen atoms in total. The molecule has 1 unspecified atom stereocenters. The molecule has 0 aliphatic rings. The minimum Gasteiger partial charge on any atom is -0.483 e. The molecule has 0 N–H and O–H groups in total. The lowest BCUT2D eigenvalue weighted by atomic mass is 10.1. The summed E-state index contributed by atoms with van der Waals surface area (Å²) in [6.45, 7) is 2.28. The van der Waals surface area contributed by atoms with E-state index < -0.39 is 6.10 Å². The van der Waals surface area contributed by atoms with Gasteiger partial charge in [-0.3, -0.25) is 4.79 Å². The second kappa shape index (κ2) is 7.38. The molecule has 0 aliphatic carbocycles. The third-order valence-corrected chi connectivity index (χ3v) is 3.55. The molecular formula is C17H17BrO3. The average molecular weight is 349 g/mol. The molecule has 0 saturated carbocycles. The number of benzene rings is 2. The van der Waals surface area contributed by atoms with Crippen LogP contribution in [-0.2, 0) is 11.3 Å². The molecule has 110 valence electrons. The Bertz CT molecular complexity index is 608. The van der Waals surface area contributed by atoms with Crippen LogP contribution in [0.5, 0.6) is 5.75 Å². The van der Waals surface area contributed by atoms with Crippen LogP contribution in [0, 0.1) is 0 Å². The number of halogens is 1. The molecule has 2 aromatic carbocycles. The lowest BCUT2D eigenvalue weighted by Gasteiger charge is -2.14. The van der Waals surface area contributed by atoms with Crippen LogP contribution in [-0.4, -0.2) is 19.0 Å². The Morgan fingerprint density at radius 1 is 1.19 bits per heavy atom. The van der Waals surface area contributed by atoms with Gasteiger partial charge in [-0.2, -0.15) is 0 Å². The molecule has 0 saturated heterocycles. The van der Waals surface area contributed by atoms with E-state index in [0.29, 0.717) is 17.9 Å². The van der Waals surface area contributed by atoms with Crippen LogP contribution in [0.4, 0.5) is 0 Å². The first-order valence-corrected chi connectivity index (χ1v) is 7.44. The molecule has 0 heterocycles. The minimum absolute atomic E-state index is 0.0420. The Labute approximate surface area is 133 Å². The standard InChI is InChI=1S/C17H17BrO3/c1-12(17(19)14-6-8-15(18)9-7-14)21-16-5-3-4-13(10-16)11-20-2/h3-10,12H,11H2,1-2H3. The van der Waals surface area contributed by atoms with Gasteiger partial charge in [-0.05, 0) is 36.8 Å². The molecular weight excluding hydrogens is 332 g/mol. The zero-order valence-corrected chi connectivity index (χ0v) is 13.6. The number of ether oxygens (including phenoxy) is 2. The van der Waals surface area contributed by atoms with Gasteiger partial charge in [-0.1, -0.05) is 40.2 Å². The average Bonchev–Trinajstić information content (AvgIpc) is 2.48. The van der Waals surface area contributed by atoms with Gasteiger partial charge in [0.25, 0.3) is 0 Å². The van der Waals surface area contributed by atoms with Crippen LogP contribution in [0.2, 0.25) is 0 Å². The second-order valence-corrected chi connectivity index (χ2v) is 5.63. The van der Waals surface area contributed by atoms with Crippen molar-refractivity contribution in [1.29, 1.82) is 0 Å². The normalized spacial score (nSPS) is 12.0. The van der Waals surface area contributed by atoms with Gasteiger partial charge in [0.15, 0.2) is 6.10 Å². The van der Waals surface area contributed by atoms with Crippen LogP contribution >= 0.6 is 15.9 Å². The molecule has 0 aliphatic heterocycles. The van der Waals surface area contributed by atoms with Crippen LogP contribution in [0.25, 0.3) is 0 Å². The van der Waals surface area contributed by atoms with E-state index in [1.54, 1.807) is 26.2 Å². The summed E-state index contributed by atoms with van der Waals surface area (Å²) in [5, 5.41) is 0. The minimum atomic E-state index is -0.538. The summed E-state index contributed by atoms with van der Waals surface area (Å²) in [5.41, 5.74) is 1.65. The number of hydrogen-bond donors (Lipinski definition) is 0. The van der Waals surface area contributed by atoms with Gasteiger partial charge < -0.3 is 9.47 Å². The Morgan fingerprint density at radius 3 is 2.57 bits per heavy atom. The second-order valence-electron chi connectivity index (χ2n) is 4.71. The molecule has 0 aromatic heterocycles. The van der Waals surface area contributed by atoms with Crippen molar-refractivity contribution in [2.75, 3.05) is 7.11 Å². The highest BCUT2D eigenvalue weighted by Gasteiger charge is 2.16. The third kappa shape index (κ3) is 4.41. The highest BCUT2D eigenvalue weighted by atomic mass is 79.9. The quantitative estimate of drug-likeness (QED) is 0.732. The zero-order chi connectivity index (χ0) is 15.2. The van der Waals surface area contributed by atoms with E-state index >= 15 is 0 Å². The molecule has 2 aromatic rings. The van der Waals surface area contributed by atoms with Gasteiger partial charge in [0.05, 0.1) is 6.61 Å². The number of rotatable bonds is 6. The van der Waals surface area contributed by atoms with Gasteiger partial charge in [0.2, 0.25) is 5.78 Å². The maximum Gasteiger partial charge on any atom is 0.202 e. The van der Waals surface area contributed by atoms with Gasteiger partial charge >= 0.3 is 0 Å². The van der Waals surface area contributed by atoms with Crippen LogP contribution in [0.3, 0.4) is 0 Å². The van der Waals surface area contributed by atoms with E-state index in [0.717, 1.165) is 10.0 Å². The fourth-order valence-electron chi connectivity index (χ4n) is 1.98. The number of ketones is 1. The van der Waals surface area contributed by atoms with Gasteiger partial charge in [0, 0.05) is 17.1 Å². The number of hydrogen-bond acceptors (Lipinski definition) is 3. The summed E-state index contributed by atoms with van der Waals surface area (Å²) in [5.74, 6) is 0.627. The van der Waals surface area contributed by atoms with Crippen molar-refractivity contribution in [3.63, 3.8) is 0 Å². The molecule has 21 heavy (non-hydrogen) atoms. The predicted molar refractivity (Wildman–Crippen MR) is 85.7 cm³/mol. The maximum absolute atomic E-state index is 12.3. The Balaban J connectivity index is 2.06. The smallest absolute Gasteiger partial charge is 0.202 e. The third-order valence-electron chi connectivity index (χ3n) is 3.02. The monoisotopic (exact) mass is 348 g/mol. The summed E-state index contributed by atoms with van der Waals surface area (Å²) in [4.78, 5) is 12.3. The van der Waals surface area contributed by atoms with Crippen molar-refractivity contribution in [1.82, 2.24) is 0 Å². The lowest BCUT2D eigenvalue weighted by Crippen LogP contribution is -2.23. The summed E-state index contributed by atoms with van der Waals surface area (Å²) in [6.07, 6.45) is -0.538. The Morgan fingerprint density at radius 2 is 1.90 bits per heavy atom. The lowest BCUT2D eigenvalue weighted by molar-refractivity contribution is 0.0817. The number of carbonyl (C=O) groups excluding carboxylic acids is 1. The van der Waals surface area contributed by atoms with Crippen LogP contribution in [0.15, 0.2) is 53.0 Å². The number of methoxy groups -OCH3 is 1. The first-order valence-electron chi connectivity index (χ1n) is 6.64. The molecule has 0 bridgehead atoms. The van der Waals surface area contributed by atoms with Gasteiger partial charge in [-0.15, -0.1) is 0 Å².